The molecule has 1 unspecified atom stereocenters. The molecule has 0 aliphatic heterocycles. The van der Waals surface area contributed by atoms with Gasteiger partial charge in [-0.1, -0.05) is 25.3 Å². The summed E-state index contributed by atoms with van der Waals surface area (Å²) in [5, 5.41) is 12.7. The fourth-order valence-corrected chi connectivity index (χ4v) is 2.58. The predicted molar refractivity (Wildman–Crippen MR) is 66.5 cm³/mol. The van der Waals surface area contributed by atoms with Crippen LogP contribution in [0.25, 0.3) is 0 Å². The van der Waals surface area contributed by atoms with Crippen LogP contribution in [-0.4, -0.2) is 11.1 Å². The van der Waals surface area contributed by atoms with Gasteiger partial charge in [0.2, 0.25) is 0 Å². The third-order valence-electron chi connectivity index (χ3n) is 3.54. The summed E-state index contributed by atoms with van der Waals surface area (Å²) in [4.78, 5) is 0. The Hall–Kier alpha value is -1.09. The summed E-state index contributed by atoms with van der Waals surface area (Å²) in [6, 6.07) is 4.88. The van der Waals surface area contributed by atoms with E-state index in [9.17, 15) is 9.50 Å². The van der Waals surface area contributed by atoms with Crippen molar-refractivity contribution in [2.75, 3.05) is 0 Å². The van der Waals surface area contributed by atoms with Gasteiger partial charge in [0.25, 0.3) is 0 Å². The smallest absolute Gasteiger partial charge is 0.131 e. The van der Waals surface area contributed by atoms with Crippen molar-refractivity contribution in [1.29, 1.82) is 0 Å². The lowest BCUT2D eigenvalue weighted by atomic mass is 9.94. The van der Waals surface area contributed by atoms with E-state index in [1.165, 1.54) is 44.2 Å². The van der Waals surface area contributed by atoms with Crippen molar-refractivity contribution in [2.45, 2.75) is 51.1 Å². The van der Waals surface area contributed by atoms with Gasteiger partial charge in [-0.25, -0.2) is 4.39 Å². The van der Waals surface area contributed by atoms with E-state index in [-0.39, 0.29) is 17.6 Å². The number of aromatic hydroxyl groups is 1. The van der Waals surface area contributed by atoms with E-state index in [0.717, 1.165) is 0 Å². The zero-order valence-corrected chi connectivity index (χ0v) is 10.2. The van der Waals surface area contributed by atoms with Crippen LogP contribution in [0.15, 0.2) is 18.2 Å². The fourth-order valence-electron chi connectivity index (χ4n) is 2.58. The van der Waals surface area contributed by atoms with Crippen LogP contribution in [0.1, 0.15) is 50.6 Å². The minimum absolute atomic E-state index is 0.00120. The molecule has 1 fully saturated rings. The highest BCUT2D eigenvalue weighted by Crippen LogP contribution is 2.24. The van der Waals surface area contributed by atoms with E-state index in [0.29, 0.717) is 11.6 Å². The summed E-state index contributed by atoms with van der Waals surface area (Å²) in [5.41, 5.74) is 0.633. The Morgan fingerprint density at radius 1 is 1.29 bits per heavy atom. The van der Waals surface area contributed by atoms with Gasteiger partial charge >= 0.3 is 0 Å². The van der Waals surface area contributed by atoms with Crippen molar-refractivity contribution in [1.82, 2.24) is 5.32 Å². The summed E-state index contributed by atoms with van der Waals surface area (Å²) in [5.74, 6) is -0.350. The second-order valence-electron chi connectivity index (χ2n) is 4.93. The number of halogens is 1. The van der Waals surface area contributed by atoms with Crippen LogP contribution in [0, 0.1) is 5.82 Å². The molecule has 0 saturated heterocycles. The van der Waals surface area contributed by atoms with E-state index < -0.39 is 0 Å². The Bertz CT molecular complexity index is 374. The fraction of sp³-hybridized carbons (Fsp3) is 0.571. The lowest BCUT2D eigenvalue weighted by molar-refractivity contribution is 0.343. The first-order chi connectivity index (χ1) is 8.16. The van der Waals surface area contributed by atoms with Crippen molar-refractivity contribution in [3.8, 4) is 5.75 Å². The first-order valence-corrected chi connectivity index (χ1v) is 6.41. The number of hydrogen-bond donors (Lipinski definition) is 2. The molecule has 0 aromatic heterocycles. The molecule has 94 valence electrons. The van der Waals surface area contributed by atoms with Crippen molar-refractivity contribution in [2.24, 2.45) is 0 Å². The molecule has 17 heavy (non-hydrogen) atoms. The van der Waals surface area contributed by atoms with Crippen molar-refractivity contribution >= 4 is 0 Å². The SMILES string of the molecule is CC(NC1CCCCC1)c1ccc(O)cc1F. The molecule has 1 aromatic rings. The van der Waals surface area contributed by atoms with E-state index in [2.05, 4.69) is 5.32 Å². The third-order valence-corrected chi connectivity index (χ3v) is 3.54. The predicted octanol–water partition coefficient (Wildman–Crippen LogP) is 3.51. The first-order valence-electron chi connectivity index (χ1n) is 6.41. The van der Waals surface area contributed by atoms with E-state index in [1.54, 1.807) is 6.07 Å². The molecular weight excluding hydrogens is 217 g/mol. The maximum absolute atomic E-state index is 13.7. The molecule has 1 aliphatic carbocycles. The summed E-state index contributed by atoms with van der Waals surface area (Å²) in [7, 11) is 0. The van der Waals surface area contributed by atoms with Crippen LogP contribution in [0.4, 0.5) is 4.39 Å². The molecule has 0 bridgehead atoms. The molecule has 2 rings (SSSR count). The average molecular weight is 237 g/mol. The van der Waals surface area contributed by atoms with Crippen molar-refractivity contribution in [3.63, 3.8) is 0 Å². The highest BCUT2D eigenvalue weighted by atomic mass is 19.1. The summed E-state index contributed by atoms with van der Waals surface area (Å²) in [6.45, 7) is 1.98. The zero-order chi connectivity index (χ0) is 12.3. The molecule has 0 amide bonds. The van der Waals surface area contributed by atoms with Gasteiger partial charge in [0, 0.05) is 23.7 Å². The van der Waals surface area contributed by atoms with Gasteiger partial charge in [0.15, 0.2) is 0 Å². The molecule has 2 nitrogen and oxygen atoms in total. The summed E-state index contributed by atoms with van der Waals surface area (Å²) in [6.07, 6.45) is 6.22. The molecule has 1 atom stereocenters. The Balaban J connectivity index is 2.00. The molecule has 1 aromatic carbocycles. The second kappa shape index (κ2) is 5.50. The topological polar surface area (TPSA) is 32.3 Å². The number of phenolic OH excluding ortho intramolecular Hbond substituents is 1. The molecular formula is C14H20FNO. The van der Waals surface area contributed by atoms with Gasteiger partial charge in [-0.2, -0.15) is 0 Å². The number of phenols is 1. The maximum Gasteiger partial charge on any atom is 0.131 e. The maximum atomic E-state index is 13.7. The van der Waals surface area contributed by atoms with Crippen LogP contribution >= 0.6 is 0 Å². The molecule has 3 heteroatoms. The summed E-state index contributed by atoms with van der Waals surface area (Å²) >= 11 is 0. The lowest BCUT2D eigenvalue weighted by Gasteiger charge is -2.27. The van der Waals surface area contributed by atoms with Gasteiger partial charge in [-0.3, -0.25) is 0 Å². The number of rotatable bonds is 3. The minimum Gasteiger partial charge on any atom is -0.508 e. The standard InChI is InChI=1S/C14H20FNO/c1-10(16-11-5-3-2-4-6-11)13-8-7-12(17)9-14(13)15/h7-11,16-17H,2-6H2,1H3. The number of benzene rings is 1. The molecule has 0 heterocycles. The van der Waals surface area contributed by atoms with Crippen LogP contribution < -0.4 is 5.32 Å². The largest absolute Gasteiger partial charge is 0.508 e. The number of hydrogen-bond acceptors (Lipinski definition) is 2. The van der Waals surface area contributed by atoms with Crippen LogP contribution in [0.3, 0.4) is 0 Å². The normalized spacial score (nSPS) is 19.2. The summed E-state index contributed by atoms with van der Waals surface area (Å²) < 4.78 is 13.7. The third kappa shape index (κ3) is 3.19. The van der Waals surface area contributed by atoms with Crippen molar-refractivity contribution in [3.05, 3.63) is 29.6 Å². The highest BCUT2D eigenvalue weighted by Gasteiger charge is 2.18. The molecule has 0 radical (unpaired) electrons. The van der Waals surface area contributed by atoms with Gasteiger partial charge in [-0.05, 0) is 25.8 Å². The van der Waals surface area contributed by atoms with Crippen molar-refractivity contribution < 1.29 is 9.50 Å². The van der Waals surface area contributed by atoms with E-state index >= 15 is 0 Å². The molecule has 1 saturated carbocycles. The van der Waals surface area contributed by atoms with Crippen LogP contribution in [-0.2, 0) is 0 Å². The van der Waals surface area contributed by atoms with Gasteiger partial charge in [-0.15, -0.1) is 0 Å². The first kappa shape index (κ1) is 12.4. The second-order valence-corrected chi connectivity index (χ2v) is 4.93. The quantitative estimate of drug-likeness (QED) is 0.843. The Morgan fingerprint density at radius 2 is 2.00 bits per heavy atom. The van der Waals surface area contributed by atoms with Gasteiger partial charge < -0.3 is 10.4 Å². The van der Waals surface area contributed by atoms with E-state index in [4.69, 9.17) is 0 Å². The lowest BCUT2D eigenvalue weighted by Crippen LogP contribution is -2.33. The van der Waals surface area contributed by atoms with Crippen LogP contribution in [0.5, 0.6) is 5.75 Å². The Kier molecular flexibility index (Phi) is 4.00. The Morgan fingerprint density at radius 3 is 2.65 bits per heavy atom. The molecule has 0 spiro atoms. The monoisotopic (exact) mass is 237 g/mol. The minimum atomic E-state index is -0.333. The van der Waals surface area contributed by atoms with E-state index in [1.807, 2.05) is 6.92 Å². The Labute approximate surface area is 102 Å². The molecule has 1 aliphatic rings. The zero-order valence-electron chi connectivity index (χ0n) is 10.2. The van der Waals surface area contributed by atoms with Crippen LogP contribution in [0.2, 0.25) is 0 Å². The molecule has 2 N–H and O–H groups in total. The highest BCUT2D eigenvalue weighted by molar-refractivity contribution is 5.29. The average Bonchev–Trinajstić information content (AvgIpc) is 2.30. The van der Waals surface area contributed by atoms with Gasteiger partial charge in [0.05, 0.1) is 0 Å². The van der Waals surface area contributed by atoms with Gasteiger partial charge in [0.1, 0.15) is 11.6 Å². The number of nitrogens with one attached hydrogen (secondary N) is 1.